The molecular weight excluding hydrogens is 182 g/mol. The van der Waals surface area contributed by atoms with Crippen LogP contribution in [0.25, 0.3) is 0 Å². The average molecular weight is 197 g/mol. The number of hydrogen-bond donors (Lipinski definition) is 0. The van der Waals surface area contributed by atoms with Gasteiger partial charge in [0.15, 0.2) is 5.78 Å². The predicted molar refractivity (Wildman–Crippen MR) is 49.8 cm³/mol. The first-order valence-corrected chi connectivity index (χ1v) is 5.02. The second-order valence-electron chi connectivity index (χ2n) is 4.35. The molecular formula is C10H15NO3. The Bertz CT molecular complexity index is 269. The normalized spacial score (nSPS) is 33.9. The molecule has 0 N–H and O–H groups in total. The highest BCUT2D eigenvalue weighted by Crippen LogP contribution is 2.28. The summed E-state index contributed by atoms with van der Waals surface area (Å²) >= 11 is 0. The highest BCUT2D eigenvalue weighted by atomic mass is 16.5. The van der Waals surface area contributed by atoms with Crippen molar-refractivity contribution in [1.82, 2.24) is 4.90 Å². The van der Waals surface area contributed by atoms with E-state index in [0.717, 1.165) is 19.4 Å². The Kier molecular flexibility index (Phi) is 2.31. The summed E-state index contributed by atoms with van der Waals surface area (Å²) in [6.45, 7) is 3.61. The van der Waals surface area contributed by atoms with Gasteiger partial charge in [-0.05, 0) is 19.8 Å². The molecule has 0 saturated carbocycles. The zero-order valence-corrected chi connectivity index (χ0v) is 8.41. The van der Waals surface area contributed by atoms with Gasteiger partial charge in [-0.3, -0.25) is 9.59 Å². The number of ether oxygens (including phenoxy) is 1. The van der Waals surface area contributed by atoms with Gasteiger partial charge in [-0.15, -0.1) is 0 Å². The Morgan fingerprint density at radius 2 is 2.21 bits per heavy atom. The molecule has 4 heteroatoms. The summed E-state index contributed by atoms with van der Waals surface area (Å²) in [4.78, 5) is 24.4. The van der Waals surface area contributed by atoms with E-state index in [-0.39, 0.29) is 30.2 Å². The maximum absolute atomic E-state index is 11.5. The van der Waals surface area contributed by atoms with Crippen LogP contribution in [0.5, 0.6) is 0 Å². The molecule has 0 spiro atoms. The van der Waals surface area contributed by atoms with Crippen LogP contribution < -0.4 is 0 Å². The fourth-order valence-electron chi connectivity index (χ4n) is 2.21. The minimum atomic E-state index is -0.249. The molecule has 0 bridgehead atoms. The number of nitrogens with zero attached hydrogens (tertiary/aromatic N) is 1. The van der Waals surface area contributed by atoms with Gasteiger partial charge in [-0.1, -0.05) is 0 Å². The van der Waals surface area contributed by atoms with Crippen molar-refractivity contribution in [1.29, 1.82) is 0 Å². The van der Waals surface area contributed by atoms with Crippen molar-refractivity contribution in [3.05, 3.63) is 0 Å². The van der Waals surface area contributed by atoms with Gasteiger partial charge < -0.3 is 9.64 Å². The van der Waals surface area contributed by atoms with Crippen molar-refractivity contribution >= 4 is 11.7 Å². The molecule has 0 aromatic carbocycles. The lowest BCUT2D eigenvalue weighted by atomic mass is 9.93. The first-order valence-electron chi connectivity index (χ1n) is 5.02. The summed E-state index contributed by atoms with van der Waals surface area (Å²) in [7, 11) is 0. The third-order valence-electron chi connectivity index (χ3n) is 3.05. The first kappa shape index (κ1) is 9.65. The second kappa shape index (κ2) is 3.35. The highest BCUT2D eigenvalue weighted by molar-refractivity contribution is 6.05. The van der Waals surface area contributed by atoms with Gasteiger partial charge in [0, 0.05) is 6.61 Å². The van der Waals surface area contributed by atoms with E-state index in [9.17, 15) is 9.59 Å². The minimum absolute atomic E-state index is 0.0294. The Hall–Kier alpha value is -0.900. The molecule has 1 amide bonds. The van der Waals surface area contributed by atoms with Gasteiger partial charge in [0.2, 0.25) is 5.91 Å². The van der Waals surface area contributed by atoms with Gasteiger partial charge in [-0.2, -0.15) is 0 Å². The zero-order chi connectivity index (χ0) is 10.2. The van der Waals surface area contributed by atoms with Crippen LogP contribution in [0.1, 0.15) is 26.2 Å². The fourth-order valence-corrected chi connectivity index (χ4v) is 2.21. The van der Waals surface area contributed by atoms with Crippen LogP contribution in [-0.4, -0.2) is 41.9 Å². The minimum Gasteiger partial charge on any atom is -0.379 e. The zero-order valence-electron chi connectivity index (χ0n) is 8.41. The first-order chi connectivity index (χ1) is 6.62. The number of likely N-dealkylation sites (tertiary alicyclic amines) is 1. The maximum atomic E-state index is 11.5. The lowest BCUT2D eigenvalue weighted by Crippen LogP contribution is -2.52. The van der Waals surface area contributed by atoms with Crippen LogP contribution in [-0.2, 0) is 14.3 Å². The Morgan fingerprint density at radius 3 is 2.71 bits per heavy atom. The van der Waals surface area contributed by atoms with Gasteiger partial charge >= 0.3 is 0 Å². The van der Waals surface area contributed by atoms with Gasteiger partial charge in [0.1, 0.15) is 0 Å². The molecule has 2 aliphatic rings. The molecule has 0 aromatic rings. The summed E-state index contributed by atoms with van der Waals surface area (Å²) < 4.78 is 5.38. The van der Waals surface area contributed by atoms with Crippen LogP contribution in [0.2, 0.25) is 0 Å². The molecule has 2 aliphatic heterocycles. The lowest BCUT2D eigenvalue weighted by Gasteiger charge is -2.40. The Morgan fingerprint density at radius 1 is 1.43 bits per heavy atom. The van der Waals surface area contributed by atoms with Crippen molar-refractivity contribution in [2.24, 2.45) is 0 Å². The molecule has 2 fully saturated rings. The average Bonchev–Trinajstić information content (AvgIpc) is 2.47. The summed E-state index contributed by atoms with van der Waals surface area (Å²) in [6, 6.07) is 0. The van der Waals surface area contributed by atoms with Crippen LogP contribution in [0.4, 0.5) is 0 Å². The molecule has 0 radical (unpaired) electrons. The van der Waals surface area contributed by atoms with Crippen molar-refractivity contribution in [3.8, 4) is 0 Å². The molecule has 0 aromatic heterocycles. The summed E-state index contributed by atoms with van der Waals surface area (Å²) in [5.74, 6) is -0.00945. The standard InChI is InChI=1S/C10H15NO3/c1-10(3-2-4-14-7-10)11-6-8(12)5-9(11)13/h2-7H2,1H3. The molecule has 78 valence electrons. The number of ketones is 1. The van der Waals surface area contributed by atoms with E-state index >= 15 is 0 Å². The van der Waals surface area contributed by atoms with Crippen molar-refractivity contribution in [2.75, 3.05) is 19.8 Å². The van der Waals surface area contributed by atoms with Gasteiger partial charge in [-0.25, -0.2) is 0 Å². The molecule has 4 nitrogen and oxygen atoms in total. The van der Waals surface area contributed by atoms with Gasteiger partial charge in [0.25, 0.3) is 0 Å². The Labute approximate surface area is 83.2 Å². The molecule has 2 saturated heterocycles. The van der Waals surface area contributed by atoms with E-state index in [0.29, 0.717) is 6.61 Å². The summed E-state index contributed by atoms with van der Waals surface area (Å²) in [5.41, 5.74) is -0.249. The smallest absolute Gasteiger partial charge is 0.231 e. The van der Waals surface area contributed by atoms with E-state index in [1.165, 1.54) is 0 Å². The number of Topliss-reactive ketones (excluding diaryl/α,β-unsaturated/α-hetero) is 1. The van der Waals surface area contributed by atoms with E-state index < -0.39 is 0 Å². The summed E-state index contributed by atoms with van der Waals surface area (Å²) in [6.07, 6.45) is 1.98. The van der Waals surface area contributed by atoms with E-state index in [1.54, 1.807) is 4.90 Å². The van der Waals surface area contributed by atoms with Crippen molar-refractivity contribution < 1.29 is 14.3 Å². The second-order valence-corrected chi connectivity index (χ2v) is 4.35. The highest BCUT2D eigenvalue weighted by Gasteiger charge is 2.42. The van der Waals surface area contributed by atoms with Crippen LogP contribution in [0, 0.1) is 0 Å². The van der Waals surface area contributed by atoms with Crippen LogP contribution in [0.15, 0.2) is 0 Å². The number of hydrogen-bond acceptors (Lipinski definition) is 3. The van der Waals surface area contributed by atoms with Gasteiger partial charge in [0.05, 0.1) is 25.1 Å². The van der Waals surface area contributed by atoms with Crippen LogP contribution >= 0.6 is 0 Å². The molecule has 2 rings (SSSR count). The molecule has 0 aliphatic carbocycles. The summed E-state index contributed by atoms with van der Waals surface area (Å²) in [5, 5.41) is 0. The van der Waals surface area contributed by atoms with Crippen molar-refractivity contribution in [3.63, 3.8) is 0 Å². The third kappa shape index (κ3) is 1.54. The quantitative estimate of drug-likeness (QED) is 0.570. The topological polar surface area (TPSA) is 46.6 Å². The molecule has 1 unspecified atom stereocenters. The number of carbonyl (C=O) groups is 2. The number of carbonyl (C=O) groups excluding carboxylic acids is 2. The lowest BCUT2D eigenvalue weighted by molar-refractivity contribution is -0.138. The third-order valence-corrected chi connectivity index (χ3v) is 3.05. The van der Waals surface area contributed by atoms with E-state index in [2.05, 4.69) is 0 Å². The van der Waals surface area contributed by atoms with E-state index in [4.69, 9.17) is 4.74 Å². The number of rotatable bonds is 1. The molecule has 1 atom stereocenters. The Balaban J connectivity index is 2.12. The van der Waals surface area contributed by atoms with Crippen LogP contribution in [0.3, 0.4) is 0 Å². The molecule has 14 heavy (non-hydrogen) atoms. The molecule has 2 heterocycles. The number of amides is 1. The monoisotopic (exact) mass is 197 g/mol. The predicted octanol–water partition coefficient (Wildman–Crippen LogP) is 0.357. The fraction of sp³-hybridized carbons (Fsp3) is 0.800. The largest absolute Gasteiger partial charge is 0.379 e. The maximum Gasteiger partial charge on any atom is 0.231 e. The van der Waals surface area contributed by atoms with E-state index in [1.807, 2.05) is 6.92 Å². The SMILES string of the molecule is CC1(N2CC(=O)CC2=O)CCCOC1. The van der Waals surface area contributed by atoms with Crippen molar-refractivity contribution in [2.45, 2.75) is 31.7 Å².